The number of ether oxygens (including phenoxy) is 1. The van der Waals surface area contributed by atoms with Crippen molar-refractivity contribution in [2.45, 2.75) is 32.6 Å². The van der Waals surface area contributed by atoms with E-state index in [1.54, 1.807) is 13.2 Å². The lowest BCUT2D eigenvalue weighted by Gasteiger charge is -2.21. The third kappa shape index (κ3) is 5.28. The van der Waals surface area contributed by atoms with E-state index < -0.39 is 11.9 Å². The average Bonchev–Trinajstić information content (AvgIpc) is 3.28. The second kappa shape index (κ2) is 10.4. The van der Waals surface area contributed by atoms with Gasteiger partial charge in [-0.3, -0.25) is 9.59 Å². The van der Waals surface area contributed by atoms with Crippen molar-refractivity contribution in [3.8, 4) is 11.3 Å². The molecule has 3 aromatic rings. The van der Waals surface area contributed by atoms with E-state index in [0.29, 0.717) is 6.42 Å². The number of rotatable bonds is 9. The van der Waals surface area contributed by atoms with Crippen molar-refractivity contribution in [1.82, 2.24) is 0 Å². The van der Waals surface area contributed by atoms with Gasteiger partial charge in [-0.1, -0.05) is 53.2 Å². The zero-order valence-electron chi connectivity index (χ0n) is 17.1. The second-order valence-corrected chi connectivity index (χ2v) is 8.01. The number of benzene rings is 2. The van der Waals surface area contributed by atoms with Crippen LogP contribution in [0.4, 0.5) is 0 Å². The summed E-state index contributed by atoms with van der Waals surface area (Å²) < 4.78 is 11.6. The van der Waals surface area contributed by atoms with Gasteiger partial charge in [0.2, 0.25) is 0 Å². The molecule has 2 atom stereocenters. The number of halogens is 1. The lowest BCUT2D eigenvalue weighted by molar-refractivity contribution is -0.151. The normalized spacial score (nSPS) is 12.9. The molecule has 3 rings (SSSR count). The Balaban J connectivity index is 1.97. The average molecular weight is 469 g/mol. The molecule has 0 aliphatic heterocycles. The maximum Gasteiger partial charge on any atom is 0.316 e. The number of hydrogen-bond acceptors (Lipinski definition) is 4. The smallest absolute Gasteiger partial charge is 0.316 e. The van der Waals surface area contributed by atoms with E-state index in [1.165, 1.54) is 0 Å². The monoisotopic (exact) mass is 468 g/mol. The number of ketones is 1. The Morgan fingerprint density at radius 2 is 1.73 bits per heavy atom. The molecule has 2 unspecified atom stereocenters. The number of esters is 1. The van der Waals surface area contributed by atoms with Crippen LogP contribution in [0.15, 0.2) is 75.8 Å². The quantitative estimate of drug-likeness (QED) is 0.269. The van der Waals surface area contributed by atoms with Gasteiger partial charge in [-0.2, -0.15) is 0 Å². The van der Waals surface area contributed by atoms with E-state index in [1.807, 2.05) is 67.6 Å². The molecule has 0 aliphatic rings. The third-order valence-corrected chi connectivity index (χ3v) is 5.61. The fraction of sp³-hybridized carbons (Fsp3) is 0.280. The summed E-state index contributed by atoms with van der Waals surface area (Å²) in [6, 6.07) is 19.7. The highest BCUT2D eigenvalue weighted by molar-refractivity contribution is 9.10. The molecule has 0 amide bonds. The highest BCUT2D eigenvalue weighted by Gasteiger charge is 2.29. The lowest BCUT2D eigenvalue weighted by Crippen LogP contribution is -2.27. The lowest BCUT2D eigenvalue weighted by atomic mass is 9.83. The number of Topliss-reactive ketones (excluding diaryl/α,β-unsaturated/α-hetero) is 1. The van der Waals surface area contributed by atoms with Gasteiger partial charge in [-0.05, 0) is 54.8 Å². The van der Waals surface area contributed by atoms with Crippen molar-refractivity contribution in [1.29, 1.82) is 0 Å². The van der Waals surface area contributed by atoms with Gasteiger partial charge in [0.15, 0.2) is 0 Å². The molecule has 0 radical (unpaired) electrons. The molecule has 1 aromatic heterocycles. The maximum absolute atomic E-state index is 13.1. The van der Waals surface area contributed by atoms with Crippen LogP contribution in [0.5, 0.6) is 0 Å². The molecule has 1 heterocycles. The molecule has 0 saturated heterocycles. The van der Waals surface area contributed by atoms with E-state index >= 15 is 0 Å². The second-order valence-electron chi connectivity index (χ2n) is 7.09. The highest BCUT2D eigenvalue weighted by Crippen LogP contribution is 2.34. The molecule has 0 aliphatic carbocycles. The summed E-state index contributed by atoms with van der Waals surface area (Å²) in [6.45, 7) is 3.85. The molecule has 0 fully saturated rings. The van der Waals surface area contributed by atoms with Crippen LogP contribution in [0.25, 0.3) is 11.3 Å². The highest BCUT2D eigenvalue weighted by atomic mass is 79.9. The summed E-state index contributed by atoms with van der Waals surface area (Å²) in [6.07, 6.45) is 2.28. The van der Waals surface area contributed by atoms with Crippen LogP contribution in [0.2, 0.25) is 0 Å². The maximum atomic E-state index is 13.1. The summed E-state index contributed by atoms with van der Waals surface area (Å²) in [7, 11) is 0. The molecule has 2 aromatic carbocycles. The van der Waals surface area contributed by atoms with Crippen LogP contribution < -0.4 is 0 Å². The topological polar surface area (TPSA) is 56.5 Å². The molecule has 156 valence electrons. The third-order valence-electron chi connectivity index (χ3n) is 5.12. The Labute approximate surface area is 185 Å². The van der Waals surface area contributed by atoms with E-state index in [-0.39, 0.29) is 24.7 Å². The summed E-state index contributed by atoms with van der Waals surface area (Å²) >= 11 is 3.53. The number of hydrogen-bond donors (Lipinski definition) is 0. The molecule has 5 heteroatoms. The van der Waals surface area contributed by atoms with Crippen molar-refractivity contribution >= 4 is 27.7 Å². The number of furan rings is 1. The van der Waals surface area contributed by atoms with Crippen molar-refractivity contribution in [3.05, 3.63) is 82.5 Å². The SMILES string of the molecule is CCOC(=O)C(CC)C(=O)CC(c1cccc(Br)c1)c1cccc(-c2ccco2)c1. The molecule has 0 bridgehead atoms. The van der Waals surface area contributed by atoms with Crippen LogP contribution in [0.1, 0.15) is 43.7 Å². The minimum atomic E-state index is -0.743. The van der Waals surface area contributed by atoms with Gasteiger partial charge in [0, 0.05) is 22.4 Å². The number of carbonyl (C=O) groups is 2. The fourth-order valence-electron chi connectivity index (χ4n) is 3.62. The van der Waals surface area contributed by atoms with Crippen molar-refractivity contribution in [3.63, 3.8) is 0 Å². The summed E-state index contributed by atoms with van der Waals surface area (Å²) in [5.41, 5.74) is 2.95. The van der Waals surface area contributed by atoms with Crippen molar-refractivity contribution in [2.24, 2.45) is 5.92 Å². The predicted octanol–water partition coefficient (Wildman–Crippen LogP) is 6.39. The Morgan fingerprint density at radius 3 is 2.37 bits per heavy atom. The predicted molar refractivity (Wildman–Crippen MR) is 120 cm³/mol. The molecule has 0 N–H and O–H groups in total. The molecular formula is C25H25BrO4. The van der Waals surface area contributed by atoms with Gasteiger partial charge in [-0.15, -0.1) is 0 Å². The summed E-state index contributed by atoms with van der Waals surface area (Å²) in [5, 5.41) is 0. The zero-order chi connectivity index (χ0) is 21.5. The molecular weight excluding hydrogens is 444 g/mol. The van der Waals surface area contributed by atoms with Crippen LogP contribution >= 0.6 is 15.9 Å². The first-order valence-electron chi connectivity index (χ1n) is 10.1. The van der Waals surface area contributed by atoms with Gasteiger partial charge in [0.25, 0.3) is 0 Å². The molecule has 4 nitrogen and oxygen atoms in total. The first kappa shape index (κ1) is 22.0. The van der Waals surface area contributed by atoms with E-state index in [2.05, 4.69) is 15.9 Å². The Bertz CT molecular complexity index is 994. The van der Waals surface area contributed by atoms with Gasteiger partial charge >= 0.3 is 5.97 Å². The first-order valence-corrected chi connectivity index (χ1v) is 10.9. The van der Waals surface area contributed by atoms with Crippen molar-refractivity contribution in [2.75, 3.05) is 6.61 Å². The van der Waals surface area contributed by atoms with Crippen LogP contribution in [-0.4, -0.2) is 18.4 Å². The molecule has 0 spiro atoms. The standard InChI is InChI=1S/C25H25BrO4/c1-3-21(25(28)29-4-2)23(27)16-22(18-9-6-11-20(26)15-18)17-8-5-10-19(14-17)24-12-7-13-30-24/h5-15,21-22H,3-4,16H2,1-2H3. The van der Waals surface area contributed by atoms with Gasteiger partial charge < -0.3 is 9.15 Å². The number of carbonyl (C=O) groups excluding carboxylic acids is 2. The van der Waals surface area contributed by atoms with Crippen molar-refractivity contribution < 1.29 is 18.7 Å². The van der Waals surface area contributed by atoms with E-state index in [9.17, 15) is 9.59 Å². The summed E-state index contributed by atoms with van der Waals surface area (Å²) in [5.74, 6) is -0.706. The Hall–Kier alpha value is -2.66. The first-order chi connectivity index (χ1) is 14.5. The van der Waals surface area contributed by atoms with Gasteiger partial charge in [-0.25, -0.2) is 0 Å². The summed E-state index contributed by atoms with van der Waals surface area (Å²) in [4.78, 5) is 25.4. The van der Waals surface area contributed by atoms with Crippen LogP contribution in [0.3, 0.4) is 0 Å². The Kier molecular flexibility index (Phi) is 7.63. The largest absolute Gasteiger partial charge is 0.465 e. The molecule has 30 heavy (non-hydrogen) atoms. The van der Waals surface area contributed by atoms with Gasteiger partial charge in [0.05, 0.1) is 12.9 Å². The minimum Gasteiger partial charge on any atom is -0.465 e. The molecule has 0 saturated carbocycles. The van der Waals surface area contributed by atoms with Crippen LogP contribution in [-0.2, 0) is 14.3 Å². The van der Waals surface area contributed by atoms with E-state index in [0.717, 1.165) is 26.9 Å². The minimum absolute atomic E-state index is 0.107. The fourth-order valence-corrected chi connectivity index (χ4v) is 4.03. The van der Waals surface area contributed by atoms with Gasteiger partial charge in [0.1, 0.15) is 17.5 Å². The van der Waals surface area contributed by atoms with Crippen LogP contribution in [0, 0.1) is 5.92 Å². The Morgan fingerprint density at radius 1 is 1.00 bits per heavy atom. The van der Waals surface area contributed by atoms with E-state index in [4.69, 9.17) is 9.15 Å². The zero-order valence-corrected chi connectivity index (χ0v) is 18.7.